The number of hydrogen-bond acceptors (Lipinski definition) is 2. The third-order valence-corrected chi connectivity index (χ3v) is 2.18. The van der Waals surface area contributed by atoms with Crippen LogP contribution in [0.3, 0.4) is 0 Å². The first-order valence-electron chi connectivity index (χ1n) is 3.95. The minimum Gasteiger partial charge on any atom is -0.496 e. The molecule has 0 aliphatic carbocycles. The molecule has 0 bridgehead atoms. The van der Waals surface area contributed by atoms with Crippen LogP contribution in [-0.4, -0.2) is 12.9 Å². The van der Waals surface area contributed by atoms with E-state index in [1.54, 1.807) is 14.0 Å². The fraction of sp³-hybridized carbons (Fsp3) is 0.300. The number of ether oxygens (including phenoxy) is 1. The number of benzene rings is 1. The molecule has 3 heteroatoms. The molecule has 0 N–H and O–H groups in total. The molecule has 2 nitrogen and oxygen atoms in total. The van der Waals surface area contributed by atoms with Gasteiger partial charge in [0, 0.05) is 16.5 Å². The Morgan fingerprint density at radius 1 is 1.54 bits per heavy atom. The molecule has 0 aliphatic heterocycles. The second-order valence-electron chi connectivity index (χ2n) is 2.83. The van der Waals surface area contributed by atoms with Crippen molar-refractivity contribution in [2.45, 2.75) is 13.3 Å². The van der Waals surface area contributed by atoms with E-state index >= 15 is 0 Å². The summed E-state index contributed by atoms with van der Waals surface area (Å²) in [7, 11) is 1.60. The molecule has 0 amide bonds. The number of carbonyl (C=O) groups is 1. The first-order chi connectivity index (χ1) is 6.13. The molecule has 1 aromatic rings. The van der Waals surface area contributed by atoms with Crippen LogP contribution < -0.4 is 4.74 Å². The average molecular weight is 243 g/mol. The lowest BCUT2D eigenvalue weighted by atomic mass is 10.1. The predicted molar refractivity (Wildman–Crippen MR) is 55.1 cm³/mol. The van der Waals surface area contributed by atoms with Gasteiger partial charge in [-0.2, -0.15) is 0 Å². The van der Waals surface area contributed by atoms with E-state index in [2.05, 4.69) is 15.9 Å². The predicted octanol–water partition coefficient (Wildman–Crippen LogP) is 2.59. The van der Waals surface area contributed by atoms with E-state index in [0.717, 1.165) is 15.8 Å². The van der Waals surface area contributed by atoms with Gasteiger partial charge >= 0.3 is 0 Å². The van der Waals surface area contributed by atoms with Crippen molar-refractivity contribution in [2.75, 3.05) is 7.11 Å². The molecule has 0 aliphatic rings. The van der Waals surface area contributed by atoms with Crippen LogP contribution in [0.25, 0.3) is 0 Å². The van der Waals surface area contributed by atoms with Crippen LogP contribution in [0.5, 0.6) is 5.75 Å². The molecule has 0 saturated carbocycles. The summed E-state index contributed by atoms with van der Waals surface area (Å²) < 4.78 is 6.09. The van der Waals surface area contributed by atoms with Crippen LogP contribution in [0, 0.1) is 0 Å². The third-order valence-electron chi connectivity index (χ3n) is 1.68. The molecule has 70 valence electrons. The van der Waals surface area contributed by atoms with Gasteiger partial charge in [0.2, 0.25) is 0 Å². The van der Waals surface area contributed by atoms with Crippen LogP contribution in [0.4, 0.5) is 0 Å². The van der Waals surface area contributed by atoms with Crippen LogP contribution in [-0.2, 0) is 11.2 Å². The van der Waals surface area contributed by atoms with Gasteiger partial charge in [-0.05, 0) is 25.1 Å². The largest absolute Gasteiger partial charge is 0.496 e. The Balaban J connectivity index is 3.01. The Bertz CT molecular complexity index is 321. The minimum absolute atomic E-state index is 0.136. The summed E-state index contributed by atoms with van der Waals surface area (Å²) in [6.07, 6.45) is 0.419. The van der Waals surface area contributed by atoms with Crippen LogP contribution in [0.15, 0.2) is 22.7 Å². The van der Waals surface area contributed by atoms with Gasteiger partial charge < -0.3 is 4.74 Å². The maximum absolute atomic E-state index is 10.9. The van der Waals surface area contributed by atoms with Gasteiger partial charge in [-0.1, -0.05) is 15.9 Å². The van der Waals surface area contributed by atoms with Crippen molar-refractivity contribution in [3.63, 3.8) is 0 Å². The van der Waals surface area contributed by atoms with Crippen molar-refractivity contribution in [2.24, 2.45) is 0 Å². The highest BCUT2D eigenvalue weighted by atomic mass is 79.9. The van der Waals surface area contributed by atoms with Crippen molar-refractivity contribution in [1.82, 2.24) is 0 Å². The van der Waals surface area contributed by atoms with Gasteiger partial charge in [0.25, 0.3) is 0 Å². The highest BCUT2D eigenvalue weighted by Crippen LogP contribution is 2.23. The summed E-state index contributed by atoms with van der Waals surface area (Å²) >= 11 is 3.35. The highest BCUT2D eigenvalue weighted by Gasteiger charge is 2.05. The Morgan fingerprint density at radius 2 is 2.23 bits per heavy atom. The molecule has 0 atom stereocenters. The van der Waals surface area contributed by atoms with Crippen molar-refractivity contribution < 1.29 is 9.53 Å². The van der Waals surface area contributed by atoms with Crippen molar-refractivity contribution in [1.29, 1.82) is 0 Å². The van der Waals surface area contributed by atoms with Gasteiger partial charge in [-0.15, -0.1) is 0 Å². The number of Topliss-reactive ketones (excluding diaryl/α,β-unsaturated/α-hetero) is 1. The maximum atomic E-state index is 10.9. The number of ketones is 1. The molecule has 0 spiro atoms. The molecular formula is C10H11BrO2. The summed E-state index contributed by atoms with van der Waals surface area (Å²) in [5.41, 5.74) is 0.921. The number of halogens is 1. The first kappa shape index (κ1) is 10.3. The zero-order chi connectivity index (χ0) is 9.84. The standard InChI is InChI=1S/C10H11BrO2/c1-7(12)5-8-6-9(11)3-4-10(8)13-2/h3-4,6H,5H2,1-2H3. The van der Waals surface area contributed by atoms with E-state index in [4.69, 9.17) is 4.74 Å². The lowest BCUT2D eigenvalue weighted by Gasteiger charge is -2.06. The molecular weight excluding hydrogens is 232 g/mol. The Labute approximate surface area is 86.0 Å². The molecule has 0 unspecified atom stereocenters. The van der Waals surface area contributed by atoms with Gasteiger partial charge in [0.1, 0.15) is 11.5 Å². The molecule has 0 fully saturated rings. The van der Waals surface area contributed by atoms with E-state index < -0.39 is 0 Å². The maximum Gasteiger partial charge on any atom is 0.134 e. The lowest BCUT2D eigenvalue weighted by Crippen LogP contribution is -1.99. The van der Waals surface area contributed by atoms with Crippen molar-refractivity contribution in [3.8, 4) is 5.75 Å². The molecule has 1 aromatic carbocycles. The zero-order valence-corrected chi connectivity index (χ0v) is 9.22. The monoisotopic (exact) mass is 242 g/mol. The molecule has 13 heavy (non-hydrogen) atoms. The smallest absolute Gasteiger partial charge is 0.134 e. The fourth-order valence-corrected chi connectivity index (χ4v) is 1.56. The van der Waals surface area contributed by atoms with E-state index in [0.29, 0.717) is 6.42 Å². The van der Waals surface area contributed by atoms with Gasteiger partial charge in [0.05, 0.1) is 7.11 Å². The van der Waals surface area contributed by atoms with Gasteiger partial charge in [-0.3, -0.25) is 4.79 Å². The topological polar surface area (TPSA) is 26.3 Å². The number of carbonyl (C=O) groups excluding carboxylic acids is 1. The number of hydrogen-bond donors (Lipinski definition) is 0. The SMILES string of the molecule is COc1ccc(Br)cc1CC(C)=O. The summed E-state index contributed by atoms with van der Waals surface area (Å²) in [6, 6.07) is 5.64. The van der Waals surface area contributed by atoms with Gasteiger partial charge in [0.15, 0.2) is 0 Å². The third kappa shape index (κ3) is 2.84. The Morgan fingerprint density at radius 3 is 2.77 bits per heavy atom. The zero-order valence-electron chi connectivity index (χ0n) is 7.63. The summed E-state index contributed by atoms with van der Waals surface area (Å²) in [4.78, 5) is 10.9. The molecule has 1 rings (SSSR count). The summed E-state index contributed by atoms with van der Waals surface area (Å²) in [6.45, 7) is 1.57. The van der Waals surface area contributed by atoms with Gasteiger partial charge in [-0.25, -0.2) is 0 Å². The minimum atomic E-state index is 0.136. The number of methoxy groups -OCH3 is 1. The Hall–Kier alpha value is -0.830. The van der Waals surface area contributed by atoms with E-state index in [-0.39, 0.29) is 5.78 Å². The highest BCUT2D eigenvalue weighted by molar-refractivity contribution is 9.10. The lowest BCUT2D eigenvalue weighted by molar-refractivity contribution is -0.116. The number of rotatable bonds is 3. The summed E-state index contributed by atoms with van der Waals surface area (Å²) in [5.74, 6) is 0.898. The van der Waals surface area contributed by atoms with Crippen LogP contribution in [0.2, 0.25) is 0 Å². The molecule has 0 aromatic heterocycles. The Kier molecular flexibility index (Phi) is 3.48. The van der Waals surface area contributed by atoms with Crippen molar-refractivity contribution in [3.05, 3.63) is 28.2 Å². The molecule has 0 radical (unpaired) electrons. The quantitative estimate of drug-likeness (QED) is 0.815. The fourth-order valence-electron chi connectivity index (χ4n) is 1.15. The first-order valence-corrected chi connectivity index (χ1v) is 4.74. The van der Waals surface area contributed by atoms with Crippen LogP contribution in [0.1, 0.15) is 12.5 Å². The van der Waals surface area contributed by atoms with Crippen molar-refractivity contribution >= 4 is 21.7 Å². The normalized spacial score (nSPS) is 9.77. The van der Waals surface area contributed by atoms with E-state index in [9.17, 15) is 4.79 Å². The van der Waals surface area contributed by atoms with E-state index in [1.807, 2.05) is 18.2 Å². The molecule has 0 heterocycles. The van der Waals surface area contributed by atoms with Crippen LogP contribution >= 0.6 is 15.9 Å². The second-order valence-corrected chi connectivity index (χ2v) is 3.75. The summed E-state index contributed by atoms with van der Waals surface area (Å²) in [5, 5.41) is 0. The average Bonchev–Trinajstić information content (AvgIpc) is 2.03. The second kappa shape index (κ2) is 4.42. The van der Waals surface area contributed by atoms with E-state index in [1.165, 1.54) is 0 Å². The molecule has 0 saturated heterocycles.